The summed E-state index contributed by atoms with van der Waals surface area (Å²) >= 11 is 0. The molecule has 1 aliphatic rings. The molecule has 1 fully saturated rings. The molecule has 0 saturated heterocycles. The van der Waals surface area contributed by atoms with Crippen molar-refractivity contribution >= 4 is 5.97 Å². The predicted molar refractivity (Wildman–Crippen MR) is 76.3 cm³/mol. The lowest BCUT2D eigenvalue weighted by Gasteiger charge is -2.34. The number of hydrogen-bond acceptors (Lipinski definition) is 3. The molecule has 4 nitrogen and oxygen atoms in total. The van der Waals surface area contributed by atoms with Gasteiger partial charge >= 0.3 is 5.97 Å². The minimum atomic E-state index is -0.734. The molecule has 19 heavy (non-hydrogen) atoms. The average Bonchev–Trinajstić information content (AvgIpc) is 2.72. The molecule has 2 N–H and O–H groups in total. The van der Waals surface area contributed by atoms with Crippen molar-refractivity contribution in [2.75, 3.05) is 13.2 Å². The maximum atomic E-state index is 11.7. The van der Waals surface area contributed by atoms with Crippen LogP contribution in [0.4, 0.5) is 0 Å². The fourth-order valence-corrected chi connectivity index (χ4v) is 3.09. The van der Waals surface area contributed by atoms with Gasteiger partial charge in [-0.25, -0.2) is 0 Å². The van der Waals surface area contributed by atoms with Crippen LogP contribution in [-0.2, 0) is 9.53 Å². The fourth-order valence-electron chi connectivity index (χ4n) is 3.09. The largest absolute Gasteiger partial charge is 0.480 e. The van der Waals surface area contributed by atoms with E-state index in [2.05, 4.69) is 12.2 Å². The third kappa shape index (κ3) is 4.46. The molecule has 112 valence electrons. The Kier molecular flexibility index (Phi) is 6.80. The Bertz CT molecular complexity index is 281. The first-order valence-electron chi connectivity index (χ1n) is 7.61. The van der Waals surface area contributed by atoms with E-state index in [0.29, 0.717) is 6.61 Å². The standard InChI is InChI=1S/C15H29NO3/c1-4-5-10-19-11-8-13-7-6-9-15(13,14(17)18)16-12(2)3/h12-13,16H,4-11H2,1-3H3,(H,17,18). The minimum absolute atomic E-state index is 0.189. The average molecular weight is 271 g/mol. The fraction of sp³-hybridized carbons (Fsp3) is 0.933. The van der Waals surface area contributed by atoms with Crippen LogP contribution in [0.1, 0.15) is 59.3 Å². The number of aliphatic carboxylic acids is 1. The van der Waals surface area contributed by atoms with E-state index in [0.717, 1.165) is 45.1 Å². The van der Waals surface area contributed by atoms with Gasteiger partial charge in [0.2, 0.25) is 0 Å². The molecule has 0 aromatic rings. The maximum absolute atomic E-state index is 11.7. The SMILES string of the molecule is CCCCOCCC1CCCC1(NC(C)C)C(=O)O. The van der Waals surface area contributed by atoms with Gasteiger partial charge in [0.15, 0.2) is 0 Å². The first-order valence-corrected chi connectivity index (χ1v) is 7.61. The Labute approximate surface area is 116 Å². The van der Waals surface area contributed by atoms with Gasteiger partial charge in [0.25, 0.3) is 0 Å². The third-order valence-electron chi connectivity index (χ3n) is 4.00. The number of hydrogen-bond donors (Lipinski definition) is 2. The summed E-state index contributed by atoms with van der Waals surface area (Å²) in [5, 5.41) is 12.9. The highest BCUT2D eigenvalue weighted by atomic mass is 16.5. The van der Waals surface area contributed by atoms with Gasteiger partial charge in [0.05, 0.1) is 0 Å². The summed E-state index contributed by atoms with van der Waals surface area (Å²) in [6.07, 6.45) is 5.78. The molecular weight excluding hydrogens is 242 g/mol. The van der Waals surface area contributed by atoms with Gasteiger partial charge < -0.3 is 9.84 Å². The van der Waals surface area contributed by atoms with Gasteiger partial charge in [-0.15, -0.1) is 0 Å². The molecule has 0 aliphatic heterocycles. The summed E-state index contributed by atoms with van der Waals surface area (Å²) < 4.78 is 5.59. The number of carbonyl (C=O) groups is 1. The van der Waals surface area contributed by atoms with Crippen LogP contribution in [0, 0.1) is 5.92 Å². The van der Waals surface area contributed by atoms with Crippen LogP contribution in [0.25, 0.3) is 0 Å². The lowest BCUT2D eigenvalue weighted by atomic mass is 9.84. The molecule has 2 atom stereocenters. The second-order valence-corrected chi connectivity index (χ2v) is 5.92. The summed E-state index contributed by atoms with van der Waals surface area (Å²) in [4.78, 5) is 11.7. The van der Waals surface area contributed by atoms with E-state index in [1.165, 1.54) is 0 Å². The zero-order valence-corrected chi connectivity index (χ0v) is 12.6. The monoisotopic (exact) mass is 271 g/mol. The van der Waals surface area contributed by atoms with Crippen LogP contribution in [0.15, 0.2) is 0 Å². The van der Waals surface area contributed by atoms with Crippen LogP contribution in [0.2, 0.25) is 0 Å². The van der Waals surface area contributed by atoms with E-state index in [-0.39, 0.29) is 12.0 Å². The van der Waals surface area contributed by atoms with Crippen molar-refractivity contribution in [3.05, 3.63) is 0 Å². The van der Waals surface area contributed by atoms with Crippen LogP contribution < -0.4 is 5.32 Å². The lowest BCUT2D eigenvalue weighted by molar-refractivity contribution is -0.147. The zero-order chi connectivity index (χ0) is 14.3. The molecule has 0 aromatic heterocycles. The summed E-state index contributed by atoms with van der Waals surface area (Å²) in [5.41, 5.74) is -0.734. The molecule has 0 spiro atoms. The van der Waals surface area contributed by atoms with E-state index in [4.69, 9.17) is 4.74 Å². The van der Waals surface area contributed by atoms with E-state index < -0.39 is 11.5 Å². The number of carboxylic acid groups (broad SMARTS) is 1. The molecule has 1 saturated carbocycles. The Balaban J connectivity index is 2.51. The first-order chi connectivity index (χ1) is 9.03. The number of ether oxygens (including phenoxy) is 1. The second kappa shape index (κ2) is 7.85. The molecule has 4 heteroatoms. The van der Waals surface area contributed by atoms with Crippen molar-refractivity contribution in [1.82, 2.24) is 5.32 Å². The van der Waals surface area contributed by atoms with Gasteiger partial charge in [0, 0.05) is 19.3 Å². The number of unbranched alkanes of at least 4 members (excludes halogenated alkanes) is 1. The third-order valence-corrected chi connectivity index (χ3v) is 4.00. The van der Waals surface area contributed by atoms with E-state index in [1.54, 1.807) is 0 Å². The molecule has 0 amide bonds. The van der Waals surface area contributed by atoms with E-state index in [1.807, 2.05) is 13.8 Å². The van der Waals surface area contributed by atoms with E-state index >= 15 is 0 Å². The zero-order valence-electron chi connectivity index (χ0n) is 12.6. The van der Waals surface area contributed by atoms with Gasteiger partial charge in [0.1, 0.15) is 5.54 Å². The van der Waals surface area contributed by atoms with Crippen molar-refractivity contribution in [2.45, 2.75) is 70.9 Å². The van der Waals surface area contributed by atoms with Crippen LogP contribution in [-0.4, -0.2) is 35.9 Å². The smallest absolute Gasteiger partial charge is 0.324 e. The second-order valence-electron chi connectivity index (χ2n) is 5.92. The maximum Gasteiger partial charge on any atom is 0.324 e. The normalized spacial score (nSPS) is 27.1. The van der Waals surface area contributed by atoms with Crippen molar-refractivity contribution < 1.29 is 14.6 Å². The summed E-state index contributed by atoms with van der Waals surface area (Å²) in [5.74, 6) is -0.508. The highest BCUT2D eigenvalue weighted by Gasteiger charge is 2.48. The number of carboxylic acids is 1. The van der Waals surface area contributed by atoms with Crippen molar-refractivity contribution in [2.24, 2.45) is 5.92 Å². The molecular formula is C15H29NO3. The molecule has 0 bridgehead atoms. The Morgan fingerprint density at radius 3 is 2.79 bits per heavy atom. The van der Waals surface area contributed by atoms with Crippen molar-refractivity contribution in [3.8, 4) is 0 Å². The van der Waals surface area contributed by atoms with Crippen LogP contribution in [0.3, 0.4) is 0 Å². The van der Waals surface area contributed by atoms with Crippen LogP contribution >= 0.6 is 0 Å². The first kappa shape index (κ1) is 16.4. The molecule has 0 radical (unpaired) electrons. The minimum Gasteiger partial charge on any atom is -0.480 e. The number of rotatable bonds is 9. The van der Waals surface area contributed by atoms with E-state index in [9.17, 15) is 9.90 Å². The Morgan fingerprint density at radius 1 is 1.47 bits per heavy atom. The van der Waals surface area contributed by atoms with Crippen molar-refractivity contribution in [3.63, 3.8) is 0 Å². The van der Waals surface area contributed by atoms with Gasteiger partial charge in [-0.05, 0) is 45.4 Å². The van der Waals surface area contributed by atoms with Gasteiger partial charge in [-0.2, -0.15) is 0 Å². The molecule has 1 aliphatic carbocycles. The topological polar surface area (TPSA) is 58.6 Å². The summed E-state index contributed by atoms with van der Waals surface area (Å²) in [6, 6.07) is 0.192. The highest BCUT2D eigenvalue weighted by Crippen LogP contribution is 2.38. The summed E-state index contributed by atoms with van der Waals surface area (Å²) in [6.45, 7) is 7.64. The summed E-state index contributed by atoms with van der Waals surface area (Å²) in [7, 11) is 0. The predicted octanol–water partition coefficient (Wildman–Crippen LogP) is 2.81. The van der Waals surface area contributed by atoms with Crippen LogP contribution in [0.5, 0.6) is 0 Å². The Hall–Kier alpha value is -0.610. The van der Waals surface area contributed by atoms with Gasteiger partial charge in [-0.3, -0.25) is 10.1 Å². The number of nitrogens with one attached hydrogen (secondary N) is 1. The molecule has 0 heterocycles. The Morgan fingerprint density at radius 2 is 2.21 bits per heavy atom. The quantitative estimate of drug-likeness (QED) is 0.633. The molecule has 2 unspecified atom stereocenters. The lowest BCUT2D eigenvalue weighted by Crippen LogP contribution is -2.57. The molecule has 0 aromatic carbocycles. The van der Waals surface area contributed by atoms with Crippen molar-refractivity contribution in [1.29, 1.82) is 0 Å². The molecule has 1 rings (SSSR count). The van der Waals surface area contributed by atoms with Gasteiger partial charge in [-0.1, -0.05) is 19.8 Å². The highest BCUT2D eigenvalue weighted by molar-refractivity contribution is 5.79.